The quantitative estimate of drug-likeness (QED) is 0.849. The van der Waals surface area contributed by atoms with Crippen LogP contribution in [0.5, 0.6) is 0 Å². The van der Waals surface area contributed by atoms with Crippen molar-refractivity contribution in [1.82, 2.24) is 15.1 Å². The smallest absolute Gasteiger partial charge is 0.237 e. The highest BCUT2D eigenvalue weighted by atomic mass is 16.2. The molecule has 1 saturated carbocycles. The highest BCUT2D eigenvalue weighted by molar-refractivity contribution is 5.79. The van der Waals surface area contributed by atoms with Crippen LogP contribution in [0.25, 0.3) is 0 Å². The molecule has 0 spiro atoms. The monoisotopic (exact) mass is 279 g/mol. The molecule has 1 unspecified atom stereocenters. The Labute approximate surface area is 122 Å². The van der Waals surface area contributed by atoms with Crippen LogP contribution in [-0.2, 0) is 4.79 Å². The van der Waals surface area contributed by atoms with E-state index in [9.17, 15) is 4.79 Å². The lowest BCUT2D eigenvalue weighted by molar-refractivity contribution is -0.134. The molecule has 114 valence electrons. The molecule has 3 aliphatic rings. The van der Waals surface area contributed by atoms with Crippen molar-refractivity contribution in [2.24, 2.45) is 5.92 Å². The summed E-state index contributed by atoms with van der Waals surface area (Å²) in [7, 11) is 0. The third kappa shape index (κ3) is 3.34. The fraction of sp³-hybridized carbons (Fsp3) is 0.938. The second-order valence-electron chi connectivity index (χ2n) is 6.72. The summed E-state index contributed by atoms with van der Waals surface area (Å²) in [5, 5.41) is 3.41. The molecular weight excluding hydrogens is 250 g/mol. The van der Waals surface area contributed by atoms with Gasteiger partial charge in [0.1, 0.15) is 0 Å². The standard InChI is InChI=1S/C16H29N3O/c20-16(13-18-10-4-8-17-9-12-18)19-11-3-7-15(19)14-5-1-2-6-14/h14-15,17H,1-13H2. The maximum atomic E-state index is 12.7. The predicted octanol–water partition coefficient (Wildman–Crippen LogP) is 1.46. The van der Waals surface area contributed by atoms with Crippen molar-refractivity contribution in [3.8, 4) is 0 Å². The summed E-state index contributed by atoms with van der Waals surface area (Å²) in [6, 6.07) is 0.565. The van der Waals surface area contributed by atoms with Gasteiger partial charge in [-0.25, -0.2) is 0 Å². The van der Waals surface area contributed by atoms with Gasteiger partial charge in [0, 0.05) is 25.7 Å². The Morgan fingerprint density at radius 2 is 1.80 bits per heavy atom. The van der Waals surface area contributed by atoms with Crippen LogP contribution >= 0.6 is 0 Å². The average Bonchev–Trinajstić information content (AvgIpc) is 3.07. The molecule has 2 aliphatic heterocycles. The number of hydrogen-bond acceptors (Lipinski definition) is 3. The first-order valence-electron chi connectivity index (χ1n) is 8.57. The molecule has 20 heavy (non-hydrogen) atoms. The van der Waals surface area contributed by atoms with E-state index in [1.54, 1.807) is 0 Å². The number of hydrogen-bond donors (Lipinski definition) is 1. The largest absolute Gasteiger partial charge is 0.338 e. The van der Waals surface area contributed by atoms with E-state index in [-0.39, 0.29) is 0 Å². The Kier molecular flexibility index (Phi) is 4.94. The van der Waals surface area contributed by atoms with Gasteiger partial charge in [-0.2, -0.15) is 0 Å². The molecule has 0 aromatic carbocycles. The van der Waals surface area contributed by atoms with Crippen molar-refractivity contribution in [2.75, 3.05) is 39.3 Å². The van der Waals surface area contributed by atoms with Crippen molar-refractivity contribution in [2.45, 2.75) is 51.0 Å². The summed E-state index contributed by atoms with van der Waals surface area (Å²) >= 11 is 0. The van der Waals surface area contributed by atoms with E-state index in [0.29, 0.717) is 18.5 Å². The number of carbonyl (C=O) groups is 1. The Bertz CT molecular complexity index is 320. The summed E-state index contributed by atoms with van der Waals surface area (Å²) in [4.78, 5) is 17.2. The molecule has 2 heterocycles. The van der Waals surface area contributed by atoms with Crippen molar-refractivity contribution in [1.29, 1.82) is 0 Å². The van der Waals surface area contributed by atoms with Gasteiger partial charge >= 0.3 is 0 Å². The van der Waals surface area contributed by atoms with E-state index < -0.39 is 0 Å². The van der Waals surface area contributed by atoms with Crippen LogP contribution in [0.3, 0.4) is 0 Å². The molecule has 1 N–H and O–H groups in total. The van der Waals surface area contributed by atoms with Crippen molar-refractivity contribution < 1.29 is 4.79 Å². The number of rotatable bonds is 3. The first-order valence-corrected chi connectivity index (χ1v) is 8.57. The van der Waals surface area contributed by atoms with Crippen LogP contribution in [0, 0.1) is 5.92 Å². The van der Waals surface area contributed by atoms with Crippen LogP contribution in [0.15, 0.2) is 0 Å². The predicted molar refractivity (Wildman–Crippen MR) is 80.6 cm³/mol. The molecule has 1 aliphatic carbocycles. The number of nitrogens with one attached hydrogen (secondary N) is 1. The summed E-state index contributed by atoms with van der Waals surface area (Å²) in [5.41, 5.74) is 0. The van der Waals surface area contributed by atoms with Gasteiger partial charge in [-0.05, 0) is 51.1 Å². The van der Waals surface area contributed by atoms with Gasteiger partial charge < -0.3 is 10.2 Å². The zero-order valence-corrected chi connectivity index (χ0v) is 12.6. The lowest BCUT2D eigenvalue weighted by atomic mass is 9.96. The number of amides is 1. The van der Waals surface area contributed by atoms with E-state index in [2.05, 4.69) is 15.1 Å². The first-order chi connectivity index (χ1) is 9.84. The molecule has 0 radical (unpaired) electrons. The van der Waals surface area contributed by atoms with E-state index in [1.807, 2.05) is 0 Å². The second kappa shape index (κ2) is 6.90. The summed E-state index contributed by atoms with van der Waals surface area (Å²) < 4.78 is 0. The molecule has 3 fully saturated rings. The van der Waals surface area contributed by atoms with Gasteiger partial charge in [0.05, 0.1) is 6.54 Å². The van der Waals surface area contributed by atoms with Gasteiger partial charge in [0.15, 0.2) is 0 Å². The van der Waals surface area contributed by atoms with Crippen LogP contribution in [0.1, 0.15) is 44.9 Å². The highest BCUT2D eigenvalue weighted by Gasteiger charge is 2.36. The third-order valence-electron chi connectivity index (χ3n) is 5.36. The van der Waals surface area contributed by atoms with Crippen LogP contribution in [-0.4, -0.2) is 61.0 Å². The SMILES string of the molecule is O=C(CN1CCCNCC1)N1CCCC1C1CCCC1. The Balaban J connectivity index is 1.54. The van der Waals surface area contributed by atoms with Crippen molar-refractivity contribution in [3.05, 3.63) is 0 Å². The van der Waals surface area contributed by atoms with Gasteiger partial charge in [-0.3, -0.25) is 9.69 Å². The van der Waals surface area contributed by atoms with Gasteiger partial charge in [0.25, 0.3) is 0 Å². The molecule has 4 nitrogen and oxygen atoms in total. The third-order valence-corrected chi connectivity index (χ3v) is 5.36. The molecule has 1 atom stereocenters. The van der Waals surface area contributed by atoms with Crippen molar-refractivity contribution >= 4 is 5.91 Å². The minimum absolute atomic E-state index is 0.390. The van der Waals surface area contributed by atoms with Gasteiger partial charge in [-0.1, -0.05) is 12.8 Å². The molecule has 0 bridgehead atoms. The minimum atomic E-state index is 0.390. The average molecular weight is 279 g/mol. The molecule has 0 aromatic heterocycles. The molecule has 1 amide bonds. The number of likely N-dealkylation sites (tertiary alicyclic amines) is 1. The van der Waals surface area contributed by atoms with E-state index in [1.165, 1.54) is 44.9 Å². The van der Waals surface area contributed by atoms with E-state index in [0.717, 1.165) is 38.6 Å². The van der Waals surface area contributed by atoms with Crippen LogP contribution < -0.4 is 5.32 Å². The number of nitrogens with zero attached hydrogens (tertiary/aromatic N) is 2. The minimum Gasteiger partial charge on any atom is -0.338 e. The molecule has 3 rings (SSSR count). The fourth-order valence-electron chi connectivity index (χ4n) is 4.28. The maximum Gasteiger partial charge on any atom is 0.237 e. The lowest BCUT2D eigenvalue weighted by Crippen LogP contribution is -2.45. The number of carbonyl (C=O) groups excluding carboxylic acids is 1. The van der Waals surface area contributed by atoms with E-state index >= 15 is 0 Å². The zero-order chi connectivity index (χ0) is 13.8. The van der Waals surface area contributed by atoms with Gasteiger partial charge in [-0.15, -0.1) is 0 Å². The molecular formula is C16H29N3O. The lowest BCUT2D eigenvalue weighted by Gasteiger charge is -2.31. The van der Waals surface area contributed by atoms with Crippen LogP contribution in [0.4, 0.5) is 0 Å². The molecule has 2 saturated heterocycles. The molecule has 4 heteroatoms. The van der Waals surface area contributed by atoms with Gasteiger partial charge in [0.2, 0.25) is 5.91 Å². The van der Waals surface area contributed by atoms with E-state index in [4.69, 9.17) is 0 Å². The first kappa shape index (κ1) is 14.3. The summed E-state index contributed by atoms with van der Waals surface area (Å²) in [5.74, 6) is 1.19. The Morgan fingerprint density at radius 3 is 2.65 bits per heavy atom. The summed E-state index contributed by atoms with van der Waals surface area (Å²) in [6.07, 6.45) is 9.08. The Hall–Kier alpha value is -0.610. The highest BCUT2D eigenvalue weighted by Crippen LogP contribution is 2.35. The normalized spacial score (nSPS) is 29.8. The Morgan fingerprint density at radius 1 is 0.950 bits per heavy atom. The second-order valence-corrected chi connectivity index (χ2v) is 6.72. The maximum absolute atomic E-state index is 12.7. The van der Waals surface area contributed by atoms with Crippen molar-refractivity contribution in [3.63, 3.8) is 0 Å². The zero-order valence-electron chi connectivity index (χ0n) is 12.6. The molecule has 0 aromatic rings. The summed E-state index contributed by atoms with van der Waals surface area (Å²) in [6.45, 7) is 5.86. The van der Waals surface area contributed by atoms with Crippen LogP contribution in [0.2, 0.25) is 0 Å². The fourth-order valence-corrected chi connectivity index (χ4v) is 4.28. The topological polar surface area (TPSA) is 35.6 Å².